The number of hydrogen-bond acceptors (Lipinski definition) is 3. The Bertz CT molecular complexity index is 204. The first-order valence-electron chi connectivity index (χ1n) is 6.12. The first kappa shape index (κ1) is 15.4. The van der Waals surface area contributed by atoms with Crippen molar-refractivity contribution in [3.63, 3.8) is 0 Å². The molecule has 0 fully saturated rings. The number of nitrogens with one attached hydrogen (secondary N) is 1. The van der Waals surface area contributed by atoms with Crippen LogP contribution in [-0.2, 0) is 4.79 Å². The fourth-order valence-corrected chi connectivity index (χ4v) is 1.99. The second-order valence-corrected chi connectivity index (χ2v) is 4.71. The van der Waals surface area contributed by atoms with Gasteiger partial charge >= 0.3 is 0 Å². The molecular weight excluding hydrogens is 202 g/mol. The summed E-state index contributed by atoms with van der Waals surface area (Å²) in [4.78, 5) is 13.7. The second-order valence-electron chi connectivity index (χ2n) is 4.71. The zero-order valence-corrected chi connectivity index (χ0v) is 11.3. The van der Waals surface area contributed by atoms with Crippen LogP contribution in [0.25, 0.3) is 0 Å². The molecule has 1 amide bonds. The molecule has 96 valence electrons. The molecule has 0 saturated carbocycles. The molecule has 16 heavy (non-hydrogen) atoms. The Morgan fingerprint density at radius 1 is 1.38 bits per heavy atom. The van der Waals surface area contributed by atoms with Crippen molar-refractivity contribution in [2.75, 3.05) is 20.1 Å². The molecule has 0 aromatic carbocycles. The van der Waals surface area contributed by atoms with Gasteiger partial charge in [-0.25, -0.2) is 0 Å². The van der Waals surface area contributed by atoms with Crippen LogP contribution in [0, 0.1) is 0 Å². The van der Waals surface area contributed by atoms with Crippen LogP contribution in [-0.4, -0.2) is 42.5 Å². The molecule has 0 spiro atoms. The Morgan fingerprint density at radius 2 is 1.88 bits per heavy atom. The van der Waals surface area contributed by atoms with E-state index in [0.717, 1.165) is 12.8 Å². The monoisotopic (exact) mass is 229 g/mol. The predicted octanol–water partition coefficient (Wildman–Crippen LogP) is 0.960. The molecule has 3 N–H and O–H groups in total. The lowest BCUT2D eigenvalue weighted by atomic mass is 9.91. The summed E-state index contributed by atoms with van der Waals surface area (Å²) in [5.41, 5.74) is 5.79. The maximum absolute atomic E-state index is 11.7. The Labute approximate surface area is 99.6 Å². The molecule has 0 aromatic rings. The maximum Gasteiger partial charge on any atom is 0.234 e. The minimum absolute atomic E-state index is 0.0473. The SMILES string of the molecule is CCC(CC)(CN)N(C)CC(=O)NC(C)C. The Kier molecular flexibility index (Phi) is 6.60. The van der Waals surface area contributed by atoms with E-state index in [-0.39, 0.29) is 17.5 Å². The topological polar surface area (TPSA) is 58.4 Å². The highest BCUT2D eigenvalue weighted by Gasteiger charge is 2.30. The van der Waals surface area contributed by atoms with E-state index in [4.69, 9.17) is 5.73 Å². The molecule has 4 heteroatoms. The van der Waals surface area contributed by atoms with Crippen LogP contribution < -0.4 is 11.1 Å². The van der Waals surface area contributed by atoms with Gasteiger partial charge in [0.1, 0.15) is 0 Å². The average molecular weight is 229 g/mol. The highest BCUT2D eigenvalue weighted by molar-refractivity contribution is 5.78. The van der Waals surface area contributed by atoms with E-state index < -0.39 is 0 Å². The van der Waals surface area contributed by atoms with Crippen LogP contribution >= 0.6 is 0 Å². The molecule has 0 aliphatic rings. The van der Waals surface area contributed by atoms with Crippen molar-refractivity contribution in [3.05, 3.63) is 0 Å². The van der Waals surface area contributed by atoms with E-state index in [1.54, 1.807) is 0 Å². The van der Waals surface area contributed by atoms with Gasteiger partial charge in [-0.15, -0.1) is 0 Å². The van der Waals surface area contributed by atoms with E-state index in [0.29, 0.717) is 13.1 Å². The lowest BCUT2D eigenvalue weighted by molar-refractivity contribution is -0.123. The van der Waals surface area contributed by atoms with Crippen molar-refractivity contribution in [2.24, 2.45) is 5.73 Å². The third-order valence-corrected chi connectivity index (χ3v) is 3.34. The molecule has 0 heterocycles. The van der Waals surface area contributed by atoms with Crippen LogP contribution in [0.2, 0.25) is 0 Å². The largest absolute Gasteiger partial charge is 0.353 e. The van der Waals surface area contributed by atoms with Crippen LogP contribution in [0.4, 0.5) is 0 Å². The third-order valence-electron chi connectivity index (χ3n) is 3.34. The summed E-state index contributed by atoms with van der Waals surface area (Å²) in [6.45, 7) is 9.17. The van der Waals surface area contributed by atoms with E-state index in [1.165, 1.54) is 0 Å². The van der Waals surface area contributed by atoms with Crippen molar-refractivity contribution in [1.29, 1.82) is 0 Å². The van der Waals surface area contributed by atoms with Crippen molar-refractivity contribution in [3.8, 4) is 0 Å². The van der Waals surface area contributed by atoms with Gasteiger partial charge in [-0.3, -0.25) is 9.69 Å². The van der Waals surface area contributed by atoms with E-state index in [2.05, 4.69) is 24.1 Å². The first-order valence-corrected chi connectivity index (χ1v) is 6.12. The number of likely N-dealkylation sites (N-methyl/N-ethyl adjacent to an activating group) is 1. The summed E-state index contributed by atoms with van der Waals surface area (Å²) < 4.78 is 0. The number of amides is 1. The molecule has 0 radical (unpaired) electrons. The molecule has 0 bridgehead atoms. The van der Waals surface area contributed by atoms with Gasteiger partial charge < -0.3 is 11.1 Å². The Morgan fingerprint density at radius 3 is 2.19 bits per heavy atom. The fraction of sp³-hybridized carbons (Fsp3) is 0.917. The van der Waals surface area contributed by atoms with Gasteiger partial charge in [0.25, 0.3) is 0 Å². The zero-order chi connectivity index (χ0) is 12.8. The van der Waals surface area contributed by atoms with Gasteiger partial charge in [0.2, 0.25) is 5.91 Å². The van der Waals surface area contributed by atoms with Crippen molar-refractivity contribution < 1.29 is 4.79 Å². The molecule has 0 aliphatic carbocycles. The molecule has 0 unspecified atom stereocenters. The van der Waals surface area contributed by atoms with Gasteiger partial charge in [-0.1, -0.05) is 13.8 Å². The second kappa shape index (κ2) is 6.86. The number of hydrogen-bond donors (Lipinski definition) is 2. The minimum atomic E-state index is -0.0473. The molecule has 0 rings (SSSR count). The molecule has 0 atom stereocenters. The Hall–Kier alpha value is -0.610. The molecule has 4 nitrogen and oxygen atoms in total. The van der Waals surface area contributed by atoms with Crippen molar-refractivity contribution >= 4 is 5.91 Å². The number of rotatable bonds is 7. The normalized spacial score (nSPS) is 12.2. The number of nitrogens with zero attached hydrogens (tertiary/aromatic N) is 1. The standard InChI is InChI=1S/C12H27N3O/c1-6-12(7-2,9-13)15(5)8-11(16)14-10(3)4/h10H,6-9,13H2,1-5H3,(H,14,16). The number of carbonyl (C=O) groups is 1. The van der Waals surface area contributed by atoms with Gasteiger partial charge in [0, 0.05) is 18.1 Å². The predicted molar refractivity (Wildman–Crippen MR) is 68.3 cm³/mol. The minimum Gasteiger partial charge on any atom is -0.353 e. The number of nitrogens with two attached hydrogens (primary N) is 1. The van der Waals surface area contributed by atoms with E-state index in [9.17, 15) is 4.79 Å². The maximum atomic E-state index is 11.7. The summed E-state index contributed by atoms with van der Waals surface area (Å²) in [6.07, 6.45) is 1.93. The van der Waals surface area contributed by atoms with Gasteiger partial charge in [-0.2, -0.15) is 0 Å². The summed E-state index contributed by atoms with van der Waals surface area (Å²) in [5.74, 6) is 0.0669. The van der Waals surface area contributed by atoms with Gasteiger partial charge in [0.05, 0.1) is 6.54 Å². The lowest BCUT2D eigenvalue weighted by Gasteiger charge is -2.39. The highest BCUT2D eigenvalue weighted by Crippen LogP contribution is 2.20. The van der Waals surface area contributed by atoms with E-state index >= 15 is 0 Å². The third kappa shape index (κ3) is 4.10. The Balaban J connectivity index is 4.41. The first-order chi connectivity index (χ1) is 7.41. The van der Waals surface area contributed by atoms with Crippen LogP contribution in [0.3, 0.4) is 0 Å². The molecular formula is C12H27N3O. The number of carbonyl (C=O) groups excluding carboxylic acids is 1. The lowest BCUT2D eigenvalue weighted by Crippen LogP contribution is -2.54. The van der Waals surface area contributed by atoms with Gasteiger partial charge in [-0.05, 0) is 33.7 Å². The smallest absolute Gasteiger partial charge is 0.234 e. The van der Waals surface area contributed by atoms with E-state index in [1.807, 2.05) is 20.9 Å². The zero-order valence-electron chi connectivity index (χ0n) is 11.3. The van der Waals surface area contributed by atoms with Crippen molar-refractivity contribution in [1.82, 2.24) is 10.2 Å². The summed E-state index contributed by atoms with van der Waals surface area (Å²) in [7, 11) is 1.97. The molecule has 0 aromatic heterocycles. The molecule has 0 saturated heterocycles. The summed E-state index contributed by atoms with van der Waals surface area (Å²) in [5, 5.41) is 2.90. The highest BCUT2D eigenvalue weighted by atomic mass is 16.2. The van der Waals surface area contributed by atoms with Crippen LogP contribution in [0.15, 0.2) is 0 Å². The van der Waals surface area contributed by atoms with Crippen LogP contribution in [0.1, 0.15) is 40.5 Å². The van der Waals surface area contributed by atoms with Crippen LogP contribution in [0.5, 0.6) is 0 Å². The average Bonchev–Trinajstić information content (AvgIpc) is 2.19. The fourth-order valence-electron chi connectivity index (χ4n) is 1.99. The summed E-state index contributed by atoms with van der Waals surface area (Å²) in [6, 6.07) is 0.191. The van der Waals surface area contributed by atoms with Gasteiger partial charge in [0.15, 0.2) is 0 Å². The summed E-state index contributed by atoms with van der Waals surface area (Å²) >= 11 is 0. The molecule has 0 aliphatic heterocycles. The quantitative estimate of drug-likeness (QED) is 0.683. The van der Waals surface area contributed by atoms with Crippen molar-refractivity contribution in [2.45, 2.75) is 52.1 Å².